The number of carbonyl (C=O) groups excluding carboxylic acids is 2. The molecule has 222 valence electrons. The summed E-state index contributed by atoms with van der Waals surface area (Å²) in [6.07, 6.45) is 4.51. The van der Waals surface area contributed by atoms with Gasteiger partial charge in [0.2, 0.25) is 5.95 Å². The lowest BCUT2D eigenvalue weighted by Gasteiger charge is -2.38. The van der Waals surface area contributed by atoms with Gasteiger partial charge in [0, 0.05) is 54.9 Å². The van der Waals surface area contributed by atoms with Gasteiger partial charge in [0.1, 0.15) is 6.61 Å². The van der Waals surface area contributed by atoms with Crippen LogP contribution in [0.4, 0.5) is 16.4 Å². The highest BCUT2D eigenvalue weighted by atomic mass is 16.6. The number of aromatic nitrogens is 2. The average Bonchev–Trinajstić information content (AvgIpc) is 2.98. The molecule has 0 aliphatic carbocycles. The van der Waals surface area contributed by atoms with E-state index >= 15 is 0 Å². The van der Waals surface area contributed by atoms with Crippen molar-refractivity contribution in [1.82, 2.24) is 20.2 Å². The van der Waals surface area contributed by atoms with Gasteiger partial charge < -0.3 is 25.4 Å². The molecule has 1 saturated heterocycles. The third kappa shape index (κ3) is 8.18. The number of carboxylic acids is 1. The normalized spacial score (nSPS) is 14.5. The summed E-state index contributed by atoms with van der Waals surface area (Å²) in [7, 11) is 0. The standard InChI is InChI=1S/C31H38N6O5/c1-31(2,3)37(30(41)42-21-22-8-5-4-6-9-22)26(28(39)40)20-34-27(38)23-10-12-25(13-11-23)36-18-14-24(15-19-36)35-29-32-16-7-17-33-29/h4-13,16-17,24,26H,14-15,18-21H2,1-3H3,(H,34,38)(H,39,40)(H,32,33,35)/t26-/m0/s1. The first-order chi connectivity index (χ1) is 20.1. The molecule has 1 atom stereocenters. The minimum atomic E-state index is -1.33. The number of ether oxygens (including phenoxy) is 1. The second-order valence-electron chi connectivity index (χ2n) is 11.2. The highest BCUT2D eigenvalue weighted by molar-refractivity contribution is 5.95. The molecule has 1 aromatic heterocycles. The van der Waals surface area contributed by atoms with Gasteiger partial charge in [-0.15, -0.1) is 0 Å². The Balaban J connectivity index is 1.32. The van der Waals surface area contributed by atoms with Crippen molar-refractivity contribution in [2.45, 2.75) is 57.8 Å². The maximum atomic E-state index is 13.0. The fraction of sp³-hybridized carbons (Fsp3) is 0.387. The van der Waals surface area contributed by atoms with Crippen molar-refractivity contribution in [3.8, 4) is 0 Å². The van der Waals surface area contributed by atoms with Gasteiger partial charge in [-0.1, -0.05) is 30.3 Å². The van der Waals surface area contributed by atoms with Crippen molar-refractivity contribution in [1.29, 1.82) is 0 Å². The molecule has 0 bridgehead atoms. The number of rotatable bonds is 10. The number of hydrogen-bond acceptors (Lipinski definition) is 8. The van der Waals surface area contributed by atoms with Crippen LogP contribution in [0.25, 0.3) is 0 Å². The minimum absolute atomic E-state index is 0.00687. The van der Waals surface area contributed by atoms with Gasteiger partial charge in [0.25, 0.3) is 5.91 Å². The molecular weight excluding hydrogens is 536 g/mol. The lowest BCUT2D eigenvalue weighted by atomic mass is 10.0. The predicted molar refractivity (Wildman–Crippen MR) is 159 cm³/mol. The number of carboxylic acid groups (broad SMARTS) is 1. The highest BCUT2D eigenvalue weighted by Crippen LogP contribution is 2.23. The Hall–Kier alpha value is -4.67. The third-order valence-corrected chi connectivity index (χ3v) is 7.07. The molecule has 1 aliphatic heterocycles. The van der Waals surface area contributed by atoms with Crippen molar-refractivity contribution in [3.05, 3.63) is 84.2 Å². The molecule has 3 N–H and O–H groups in total. The van der Waals surface area contributed by atoms with Crippen molar-refractivity contribution in [2.24, 2.45) is 0 Å². The van der Waals surface area contributed by atoms with E-state index in [2.05, 4.69) is 25.5 Å². The largest absolute Gasteiger partial charge is 0.480 e. The van der Waals surface area contributed by atoms with Crippen molar-refractivity contribution in [2.75, 3.05) is 29.9 Å². The molecule has 42 heavy (non-hydrogen) atoms. The SMILES string of the molecule is CC(C)(C)N(C(=O)OCc1ccccc1)[C@@H](CNC(=O)c1ccc(N2CCC(Nc3ncccn3)CC2)cc1)C(=O)O. The molecule has 2 aromatic carbocycles. The number of hydrogen-bond donors (Lipinski definition) is 3. The zero-order valence-electron chi connectivity index (χ0n) is 24.2. The third-order valence-electron chi connectivity index (χ3n) is 7.07. The zero-order chi connectivity index (χ0) is 30.1. The molecule has 4 rings (SSSR count). The van der Waals surface area contributed by atoms with Crippen LogP contribution in [0.3, 0.4) is 0 Å². The van der Waals surface area contributed by atoms with Gasteiger partial charge in [0.05, 0.1) is 0 Å². The van der Waals surface area contributed by atoms with Crippen LogP contribution in [0.2, 0.25) is 0 Å². The maximum Gasteiger partial charge on any atom is 0.411 e. The van der Waals surface area contributed by atoms with Gasteiger partial charge in [-0.05, 0) is 69.5 Å². The Labute approximate surface area is 245 Å². The summed E-state index contributed by atoms with van der Waals surface area (Å²) in [5, 5.41) is 16.0. The lowest BCUT2D eigenvalue weighted by Crippen LogP contribution is -2.58. The fourth-order valence-corrected chi connectivity index (χ4v) is 4.90. The fourth-order valence-electron chi connectivity index (χ4n) is 4.90. The van der Waals surface area contributed by atoms with E-state index in [-0.39, 0.29) is 13.2 Å². The summed E-state index contributed by atoms with van der Waals surface area (Å²) < 4.78 is 5.44. The van der Waals surface area contributed by atoms with Crippen molar-refractivity contribution in [3.63, 3.8) is 0 Å². The van der Waals surface area contributed by atoms with Crippen LogP contribution in [0.1, 0.15) is 49.5 Å². The molecular formula is C31H38N6O5. The van der Waals surface area contributed by atoms with Gasteiger partial charge in [0.15, 0.2) is 6.04 Å². The van der Waals surface area contributed by atoms with E-state index in [1.807, 2.05) is 42.5 Å². The maximum absolute atomic E-state index is 13.0. The summed E-state index contributed by atoms with van der Waals surface area (Å²) in [4.78, 5) is 50.1. The molecule has 0 saturated carbocycles. The van der Waals surface area contributed by atoms with Crippen LogP contribution in [0.15, 0.2) is 73.1 Å². The van der Waals surface area contributed by atoms with Crippen LogP contribution in [0, 0.1) is 0 Å². The Bertz CT molecular complexity index is 1320. The van der Waals surface area contributed by atoms with Crippen LogP contribution >= 0.6 is 0 Å². The van der Waals surface area contributed by atoms with E-state index in [0.717, 1.165) is 42.1 Å². The lowest BCUT2D eigenvalue weighted by molar-refractivity contribution is -0.144. The van der Waals surface area contributed by atoms with Crippen molar-refractivity contribution >= 4 is 29.6 Å². The summed E-state index contributed by atoms with van der Waals surface area (Å²) in [5.74, 6) is -1.04. The first-order valence-electron chi connectivity index (χ1n) is 14.0. The number of nitrogens with one attached hydrogen (secondary N) is 2. The molecule has 0 radical (unpaired) electrons. The first-order valence-corrected chi connectivity index (χ1v) is 14.0. The van der Waals surface area contributed by atoms with Crippen LogP contribution in [-0.4, -0.2) is 75.2 Å². The molecule has 0 unspecified atom stereocenters. The summed E-state index contributed by atoms with van der Waals surface area (Å²) in [5.41, 5.74) is 1.31. The van der Waals surface area contributed by atoms with Gasteiger partial charge in [-0.3, -0.25) is 9.69 Å². The van der Waals surface area contributed by atoms with Crippen LogP contribution in [0.5, 0.6) is 0 Å². The van der Waals surface area contributed by atoms with E-state index in [1.165, 1.54) is 0 Å². The molecule has 11 nitrogen and oxygen atoms in total. The highest BCUT2D eigenvalue weighted by Gasteiger charge is 2.39. The molecule has 2 amide bonds. The summed E-state index contributed by atoms with van der Waals surface area (Å²) >= 11 is 0. The molecule has 3 aromatic rings. The van der Waals surface area contributed by atoms with Crippen LogP contribution in [-0.2, 0) is 16.1 Å². The second kappa shape index (κ2) is 13.8. The monoisotopic (exact) mass is 574 g/mol. The summed E-state index contributed by atoms with van der Waals surface area (Å²) in [6, 6.07) is 17.1. The van der Waals surface area contributed by atoms with E-state index in [4.69, 9.17) is 4.74 Å². The number of nitrogens with zero attached hydrogens (tertiary/aromatic N) is 4. The van der Waals surface area contributed by atoms with Gasteiger partial charge in [-0.2, -0.15) is 0 Å². The molecule has 11 heteroatoms. The Morgan fingerprint density at radius 2 is 1.64 bits per heavy atom. The predicted octanol–water partition coefficient (Wildman–Crippen LogP) is 4.18. The van der Waals surface area contributed by atoms with E-state index in [1.54, 1.807) is 51.4 Å². The smallest absolute Gasteiger partial charge is 0.411 e. The number of piperidine rings is 1. The van der Waals surface area contributed by atoms with Crippen LogP contribution < -0.4 is 15.5 Å². The number of carbonyl (C=O) groups is 3. The average molecular weight is 575 g/mol. The second-order valence-corrected chi connectivity index (χ2v) is 11.2. The topological polar surface area (TPSA) is 137 Å². The zero-order valence-corrected chi connectivity index (χ0v) is 24.2. The molecule has 1 fully saturated rings. The Morgan fingerprint density at radius 1 is 1.00 bits per heavy atom. The van der Waals surface area contributed by atoms with E-state index in [0.29, 0.717) is 17.6 Å². The van der Waals surface area contributed by atoms with E-state index in [9.17, 15) is 19.5 Å². The first kappa shape index (κ1) is 30.3. The minimum Gasteiger partial charge on any atom is -0.480 e. The quantitative estimate of drug-likeness (QED) is 0.326. The number of aliphatic carboxylic acids is 1. The number of anilines is 2. The van der Waals surface area contributed by atoms with E-state index < -0.39 is 29.6 Å². The molecule has 2 heterocycles. The van der Waals surface area contributed by atoms with Crippen molar-refractivity contribution < 1.29 is 24.2 Å². The number of benzene rings is 2. The van der Waals surface area contributed by atoms with Gasteiger partial charge >= 0.3 is 12.1 Å². The summed E-state index contributed by atoms with van der Waals surface area (Å²) in [6.45, 7) is 6.59. The van der Waals surface area contributed by atoms with Gasteiger partial charge in [-0.25, -0.2) is 19.6 Å². The Morgan fingerprint density at radius 3 is 2.24 bits per heavy atom. The molecule has 0 spiro atoms. The molecule has 1 aliphatic rings. The Kier molecular flexibility index (Phi) is 9.95. The number of amides is 2.